The van der Waals surface area contributed by atoms with Crippen LogP contribution in [-0.4, -0.2) is 35.4 Å². The molecule has 2 aromatic carbocycles. The SMILES string of the molecule is CC[C@H](C(=O)N[C@@H](C)CC)N(Cc1ccccc1)C(=O)COc1ccc(Cl)cc1Cl. The zero-order chi connectivity index (χ0) is 22.1. The van der Waals surface area contributed by atoms with Crippen LogP contribution in [0.4, 0.5) is 0 Å². The molecule has 2 aromatic rings. The number of hydrogen-bond donors (Lipinski definition) is 1. The molecule has 5 nitrogen and oxygen atoms in total. The van der Waals surface area contributed by atoms with Gasteiger partial charge < -0.3 is 15.0 Å². The average molecular weight is 451 g/mol. The number of nitrogens with zero attached hydrogens (tertiary/aromatic N) is 1. The van der Waals surface area contributed by atoms with Crippen molar-refractivity contribution in [3.63, 3.8) is 0 Å². The van der Waals surface area contributed by atoms with Gasteiger partial charge in [0.2, 0.25) is 5.91 Å². The van der Waals surface area contributed by atoms with E-state index in [2.05, 4.69) is 5.32 Å². The minimum atomic E-state index is -0.601. The molecule has 0 fully saturated rings. The number of amides is 2. The molecule has 0 aromatic heterocycles. The van der Waals surface area contributed by atoms with Gasteiger partial charge in [-0.3, -0.25) is 9.59 Å². The Labute approximate surface area is 188 Å². The lowest BCUT2D eigenvalue weighted by Crippen LogP contribution is -2.51. The number of ether oxygens (including phenoxy) is 1. The first-order valence-electron chi connectivity index (χ1n) is 10.1. The van der Waals surface area contributed by atoms with E-state index in [0.29, 0.717) is 28.8 Å². The largest absolute Gasteiger partial charge is 0.482 e. The first-order valence-corrected chi connectivity index (χ1v) is 10.8. The third-order valence-electron chi connectivity index (χ3n) is 4.83. The van der Waals surface area contributed by atoms with Gasteiger partial charge >= 0.3 is 0 Å². The molecule has 0 aliphatic rings. The summed E-state index contributed by atoms with van der Waals surface area (Å²) < 4.78 is 5.64. The van der Waals surface area contributed by atoms with Crippen molar-refractivity contribution < 1.29 is 14.3 Å². The molecule has 2 rings (SSSR count). The van der Waals surface area contributed by atoms with Crippen LogP contribution in [0.5, 0.6) is 5.75 Å². The number of rotatable bonds is 10. The van der Waals surface area contributed by atoms with E-state index in [0.717, 1.165) is 12.0 Å². The van der Waals surface area contributed by atoms with Crippen LogP contribution < -0.4 is 10.1 Å². The van der Waals surface area contributed by atoms with Crippen LogP contribution in [0, 0.1) is 0 Å². The van der Waals surface area contributed by atoms with E-state index >= 15 is 0 Å². The molecule has 2 atom stereocenters. The highest BCUT2D eigenvalue weighted by molar-refractivity contribution is 6.35. The van der Waals surface area contributed by atoms with Crippen LogP contribution in [0.25, 0.3) is 0 Å². The van der Waals surface area contributed by atoms with Crippen molar-refractivity contribution in [2.45, 2.75) is 52.2 Å². The monoisotopic (exact) mass is 450 g/mol. The fourth-order valence-electron chi connectivity index (χ4n) is 2.96. The number of nitrogens with one attached hydrogen (secondary N) is 1. The minimum absolute atomic E-state index is 0.0318. The first-order chi connectivity index (χ1) is 14.3. The van der Waals surface area contributed by atoms with Crippen molar-refractivity contribution in [2.24, 2.45) is 0 Å². The summed E-state index contributed by atoms with van der Waals surface area (Å²) in [5.41, 5.74) is 0.935. The summed E-state index contributed by atoms with van der Waals surface area (Å²) in [6.45, 7) is 5.91. The number of benzene rings is 2. The van der Waals surface area contributed by atoms with Crippen molar-refractivity contribution in [1.29, 1.82) is 0 Å². The highest BCUT2D eigenvalue weighted by atomic mass is 35.5. The van der Waals surface area contributed by atoms with E-state index in [1.165, 1.54) is 0 Å². The lowest BCUT2D eigenvalue weighted by Gasteiger charge is -2.31. The minimum Gasteiger partial charge on any atom is -0.482 e. The number of hydrogen-bond acceptors (Lipinski definition) is 3. The van der Waals surface area contributed by atoms with E-state index in [1.807, 2.05) is 51.1 Å². The molecule has 0 aliphatic carbocycles. The molecule has 0 saturated heterocycles. The molecule has 0 radical (unpaired) electrons. The summed E-state index contributed by atoms with van der Waals surface area (Å²) in [7, 11) is 0. The van der Waals surface area contributed by atoms with Crippen LogP contribution in [-0.2, 0) is 16.1 Å². The van der Waals surface area contributed by atoms with Gasteiger partial charge in [0.05, 0.1) is 5.02 Å². The maximum absolute atomic E-state index is 13.1. The zero-order valence-corrected chi connectivity index (χ0v) is 19.0. The van der Waals surface area contributed by atoms with E-state index in [-0.39, 0.29) is 24.5 Å². The topological polar surface area (TPSA) is 58.6 Å². The molecular weight excluding hydrogens is 423 g/mol. The van der Waals surface area contributed by atoms with E-state index < -0.39 is 6.04 Å². The lowest BCUT2D eigenvalue weighted by atomic mass is 10.1. The second kappa shape index (κ2) is 11.8. The Hall–Kier alpha value is -2.24. The van der Waals surface area contributed by atoms with Gasteiger partial charge in [-0.1, -0.05) is 67.4 Å². The van der Waals surface area contributed by atoms with Crippen molar-refractivity contribution in [2.75, 3.05) is 6.61 Å². The summed E-state index contributed by atoms with van der Waals surface area (Å²) >= 11 is 12.0. The van der Waals surface area contributed by atoms with Crippen LogP contribution in [0.3, 0.4) is 0 Å². The summed E-state index contributed by atoms with van der Waals surface area (Å²) in [6.07, 6.45) is 1.30. The summed E-state index contributed by atoms with van der Waals surface area (Å²) in [5, 5.41) is 3.79. The normalized spacial score (nSPS) is 12.7. The number of carbonyl (C=O) groups is 2. The van der Waals surface area contributed by atoms with Crippen LogP contribution >= 0.6 is 23.2 Å². The van der Waals surface area contributed by atoms with Gasteiger partial charge in [0.1, 0.15) is 11.8 Å². The maximum atomic E-state index is 13.1. The van der Waals surface area contributed by atoms with E-state index in [1.54, 1.807) is 23.1 Å². The Balaban J connectivity index is 2.20. The van der Waals surface area contributed by atoms with Gasteiger partial charge in [-0.05, 0) is 43.5 Å². The smallest absolute Gasteiger partial charge is 0.261 e. The lowest BCUT2D eigenvalue weighted by molar-refractivity contribution is -0.143. The molecular formula is C23H28Cl2N2O3. The fourth-order valence-corrected chi connectivity index (χ4v) is 3.42. The van der Waals surface area contributed by atoms with Gasteiger partial charge in [0.25, 0.3) is 5.91 Å². The summed E-state index contributed by atoms with van der Waals surface area (Å²) in [5.74, 6) is -0.0946. The summed E-state index contributed by atoms with van der Waals surface area (Å²) in [4.78, 5) is 27.5. The Morgan fingerprint density at radius 2 is 1.77 bits per heavy atom. The molecule has 0 spiro atoms. The van der Waals surface area contributed by atoms with Crippen LogP contribution in [0.1, 0.15) is 39.2 Å². The molecule has 162 valence electrons. The van der Waals surface area contributed by atoms with Gasteiger partial charge in [-0.25, -0.2) is 0 Å². The Kier molecular flexibility index (Phi) is 9.47. The summed E-state index contributed by atoms with van der Waals surface area (Å²) in [6, 6.07) is 13.8. The molecule has 0 bridgehead atoms. The molecule has 0 unspecified atom stereocenters. The average Bonchev–Trinajstić information content (AvgIpc) is 2.73. The van der Waals surface area contributed by atoms with Gasteiger partial charge in [-0.2, -0.15) is 0 Å². The molecule has 7 heteroatoms. The van der Waals surface area contributed by atoms with Crippen LogP contribution in [0.15, 0.2) is 48.5 Å². The van der Waals surface area contributed by atoms with Crippen molar-refractivity contribution in [3.05, 3.63) is 64.1 Å². The number of halogens is 2. The third kappa shape index (κ3) is 6.92. The molecule has 0 aliphatic heterocycles. The quantitative estimate of drug-likeness (QED) is 0.547. The molecule has 0 heterocycles. The van der Waals surface area contributed by atoms with Gasteiger partial charge in [0.15, 0.2) is 6.61 Å². The highest BCUT2D eigenvalue weighted by Crippen LogP contribution is 2.27. The molecule has 1 N–H and O–H groups in total. The molecule has 0 saturated carbocycles. The van der Waals surface area contributed by atoms with Crippen molar-refractivity contribution in [1.82, 2.24) is 10.2 Å². The first kappa shape index (κ1) is 24.0. The zero-order valence-electron chi connectivity index (χ0n) is 17.5. The predicted molar refractivity (Wildman–Crippen MR) is 121 cm³/mol. The van der Waals surface area contributed by atoms with Crippen molar-refractivity contribution >= 4 is 35.0 Å². The maximum Gasteiger partial charge on any atom is 0.261 e. The predicted octanol–water partition coefficient (Wildman–Crippen LogP) is 5.09. The van der Waals surface area contributed by atoms with Gasteiger partial charge in [0, 0.05) is 17.6 Å². The highest BCUT2D eigenvalue weighted by Gasteiger charge is 2.29. The molecule has 2 amide bonds. The Bertz CT molecular complexity index is 846. The van der Waals surface area contributed by atoms with E-state index in [4.69, 9.17) is 27.9 Å². The molecule has 30 heavy (non-hydrogen) atoms. The van der Waals surface area contributed by atoms with Crippen LogP contribution in [0.2, 0.25) is 10.0 Å². The third-order valence-corrected chi connectivity index (χ3v) is 5.36. The second-order valence-corrected chi connectivity index (χ2v) is 7.96. The van der Waals surface area contributed by atoms with Gasteiger partial charge in [-0.15, -0.1) is 0 Å². The number of carbonyl (C=O) groups excluding carboxylic acids is 2. The standard InChI is InChI=1S/C23H28Cl2N2O3/c1-4-16(3)26-23(29)20(5-2)27(14-17-9-7-6-8-10-17)22(28)15-30-21-12-11-18(24)13-19(21)25/h6-13,16,20H,4-5,14-15H2,1-3H3,(H,26,29)/t16-,20+/m0/s1. The Morgan fingerprint density at radius 3 is 2.37 bits per heavy atom. The second-order valence-electron chi connectivity index (χ2n) is 7.11. The van der Waals surface area contributed by atoms with Crippen molar-refractivity contribution in [3.8, 4) is 5.75 Å². The Morgan fingerprint density at radius 1 is 1.07 bits per heavy atom. The fraction of sp³-hybridized carbons (Fsp3) is 0.391. The van der Waals surface area contributed by atoms with E-state index in [9.17, 15) is 9.59 Å².